The van der Waals surface area contributed by atoms with Gasteiger partial charge in [-0.3, -0.25) is 4.79 Å². The summed E-state index contributed by atoms with van der Waals surface area (Å²) in [5.41, 5.74) is 0.402. The van der Waals surface area contributed by atoms with E-state index in [2.05, 4.69) is 6.58 Å². The van der Waals surface area contributed by atoms with E-state index in [1.54, 1.807) is 24.3 Å². The number of benzene rings is 2. The summed E-state index contributed by atoms with van der Waals surface area (Å²) in [4.78, 5) is 13.2. The molecule has 4 rings (SSSR count). The molecular weight excluding hydrogens is 479 g/mol. The van der Waals surface area contributed by atoms with E-state index in [0.29, 0.717) is 22.6 Å². The summed E-state index contributed by atoms with van der Waals surface area (Å²) in [5.74, 6) is -1.63. The van der Waals surface area contributed by atoms with Gasteiger partial charge < -0.3 is 10.3 Å². The number of ketones is 1. The number of aliphatic hydroxyl groups excluding tert-OH is 1. The molecule has 2 aromatic carbocycles. The zero-order valence-corrected chi connectivity index (χ0v) is 19.4. The number of hydrogen-bond donors (Lipinski definition) is 1. The highest BCUT2D eigenvalue weighted by Gasteiger charge is 2.35. The van der Waals surface area contributed by atoms with E-state index in [1.165, 1.54) is 12.1 Å². The highest BCUT2D eigenvalue weighted by Crippen LogP contribution is 2.40. The summed E-state index contributed by atoms with van der Waals surface area (Å²) in [6.45, 7) is 3.47. The van der Waals surface area contributed by atoms with Crippen LogP contribution < -0.4 is 4.73 Å². The quantitative estimate of drug-likeness (QED) is 0.196. The molecule has 0 aliphatic heterocycles. The van der Waals surface area contributed by atoms with E-state index in [9.17, 15) is 28.3 Å². The van der Waals surface area contributed by atoms with Gasteiger partial charge in [0.2, 0.25) is 5.69 Å². The standard InChI is InChI=1S/C27H23ClF3NO3/c1-15(33)18-6-4-17(5-7-18)13-24(34)21(12-16-2-3-16)23-11-8-19(14-32(23)35)25-20(27(30)31)9-10-22(28)26(25)29/h4-11,14,16,21,27,33H,1-3,12-13H2. The van der Waals surface area contributed by atoms with Crippen molar-refractivity contribution in [3.63, 3.8) is 0 Å². The Kier molecular flexibility index (Phi) is 7.17. The Morgan fingerprint density at radius 1 is 1.14 bits per heavy atom. The summed E-state index contributed by atoms with van der Waals surface area (Å²) in [6.07, 6.45) is 0.578. The zero-order valence-electron chi connectivity index (χ0n) is 18.7. The number of alkyl halides is 2. The Morgan fingerprint density at radius 2 is 1.83 bits per heavy atom. The first kappa shape index (κ1) is 24.8. The SMILES string of the molecule is C=C(O)c1ccc(CC(=O)C(CC2CC2)c2ccc(-c3c(C(F)F)ccc(Cl)c3F)c[n+]2[O-])cc1. The molecule has 35 heavy (non-hydrogen) atoms. The molecule has 8 heteroatoms. The third kappa shape index (κ3) is 5.51. The first-order valence-electron chi connectivity index (χ1n) is 11.1. The van der Waals surface area contributed by atoms with Crippen molar-refractivity contribution in [3.05, 3.63) is 99.7 Å². The summed E-state index contributed by atoms with van der Waals surface area (Å²) in [6, 6.07) is 11.6. The van der Waals surface area contributed by atoms with E-state index in [1.807, 2.05) is 0 Å². The zero-order chi connectivity index (χ0) is 25.3. The predicted octanol–water partition coefficient (Wildman–Crippen LogP) is 6.94. The van der Waals surface area contributed by atoms with Gasteiger partial charge in [0.1, 0.15) is 17.5 Å². The molecule has 1 atom stereocenters. The van der Waals surface area contributed by atoms with Crippen LogP contribution in [0.3, 0.4) is 0 Å². The maximum absolute atomic E-state index is 14.7. The lowest BCUT2D eigenvalue weighted by molar-refractivity contribution is -0.614. The summed E-state index contributed by atoms with van der Waals surface area (Å²) >= 11 is 5.80. The molecule has 1 fully saturated rings. The van der Waals surface area contributed by atoms with Crippen molar-refractivity contribution in [3.8, 4) is 11.1 Å². The third-order valence-electron chi connectivity index (χ3n) is 6.27. The minimum absolute atomic E-state index is 0.0449. The average molecular weight is 502 g/mol. The minimum atomic E-state index is -2.96. The Balaban J connectivity index is 1.65. The van der Waals surface area contributed by atoms with Gasteiger partial charge in [0, 0.05) is 29.2 Å². The molecule has 1 saturated carbocycles. The van der Waals surface area contributed by atoms with Gasteiger partial charge >= 0.3 is 0 Å². The smallest absolute Gasteiger partial charge is 0.264 e. The number of rotatable bonds is 9. The average Bonchev–Trinajstić information content (AvgIpc) is 3.64. The van der Waals surface area contributed by atoms with Gasteiger partial charge in [0.15, 0.2) is 12.0 Å². The molecule has 0 radical (unpaired) electrons. The summed E-state index contributed by atoms with van der Waals surface area (Å²) in [5, 5.41) is 22.1. The van der Waals surface area contributed by atoms with Gasteiger partial charge in [-0.05, 0) is 30.0 Å². The molecule has 0 amide bonds. The summed E-state index contributed by atoms with van der Waals surface area (Å²) in [7, 11) is 0. The molecule has 0 spiro atoms. The normalized spacial score (nSPS) is 14.2. The maximum Gasteiger partial charge on any atom is 0.264 e. The van der Waals surface area contributed by atoms with Gasteiger partial charge in [-0.25, -0.2) is 13.2 Å². The lowest BCUT2D eigenvalue weighted by Gasteiger charge is -2.17. The van der Waals surface area contributed by atoms with Crippen LogP contribution in [0.15, 0.2) is 61.3 Å². The minimum Gasteiger partial charge on any atom is -0.618 e. The molecule has 1 unspecified atom stereocenters. The van der Waals surface area contributed by atoms with E-state index in [4.69, 9.17) is 11.6 Å². The molecule has 0 bridgehead atoms. The van der Waals surface area contributed by atoms with Crippen LogP contribution in [0.25, 0.3) is 16.9 Å². The first-order chi connectivity index (χ1) is 16.7. The van der Waals surface area contributed by atoms with Crippen molar-refractivity contribution < 1.29 is 27.8 Å². The van der Waals surface area contributed by atoms with Crippen LogP contribution in [0.1, 0.15) is 54.0 Å². The molecule has 3 aromatic rings. The number of aliphatic hydroxyl groups is 1. The monoisotopic (exact) mass is 501 g/mol. The van der Waals surface area contributed by atoms with Crippen molar-refractivity contribution in [1.29, 1.82) is 0 Å². The van der Waals surface area contributed by atoms with Crippen LogP contribution >= 0.6 is 11.6 Å². The number of carbonyl (C=O) groups excluding carboxylic acids is 1. The Labute approximate surface area is 205 Å². The molecule has 0 saturated heterocycles. The largest absolute Gasteiger partial charge is 0.618 e. The van der Waals surface area contributed by atoms with Crippen LogP contribution in [0.2, 0.25) is 5.02 Å². The van der Waals surface area contributed by atoms with E-state index < -0.39 is 29.3 Å². The number of aromatic nitrogens is 1. The number of nitrogens with zero attached hydrogens (tertiary/aromatic N) is 1. The molecular formula is C27H23ClF3NO3. The van der Waals surface area contributed by atoms with Gasteiger partial charge in [-0.15, -0.1) is 0 Å². The Morgan fingerprint density at radius 3 is 2.40 bits per heavy atom. The van der Waals surface area contributed by atoms with Crippen molar-refractivity contribution in [2.24, 2.45) is 5.92 Å². The van der Waals surface area contributed by atoms with Crippen LogP contribution in [0.4, 0.5) is 13.2 Å². The van der Waals surface area contributed by atoms with Crippen LogP contribution in [0.5, 0.6) is 0 Å². The number of hydrogen-bond acceptors (Lipinski definition) is 3. The second kappa shape index (κ2) is 10.1. The lowest BCUT2D eigenvalue weighted by atomic mass is 9.89. The van der Waals surface area contributed by atoms with Gasteiger partial charge in [0.25, 0.3) is 6.43 Å². The van der Waals surface area contributed by atoms with Crippen molar-refractivity contribution in [2.45, 2.75) is 38.0 Å². The van der Waals surface area contributed by atoms with E-state index >= 15 is 0 Å². The van der Waals surface area contributed by atoms with Crippen molar-refractivity contribution >= 4 is 23.1 Å². The topological polar surface area (TPSA) is 64.2 Å². The number of carbonyl (C=O) groups is 1. The molecule has 1 N–H and O–H groups in total. The highest BCUT2D eigenvalue weighted by molar-refractivity contribution is 6.31. The first-order valence-corrected chi connectivity index (χ1v) is 11.5. The number of pyridine rings is 1. The van der Waals surface area contributed by atoms with Crippen molar-refractivity contribution in [1.82, 2.24) is 0 Å². The van der Waals surface area contributed by atoms with E-state index in [0.717, 1.165) is 36.7 Å². The number of halogens is 4. The molecule has 1 aromatic heterocycles. The fraction of sp³-hybridized carbons (Fsp3) is 0.259. The molecule has 4 nitrogen and oxygen atoms in total. The number of Topliss-reactive ketones (excluding diaryl/α,β-unsaturated/α-hetero) is 1. The fourth-order valence-electron chi connectivity index (χ4n) is 4.19. The van der Waals surface area contributed by atoms with Crippen molar-refractivity contribution in [2.75, 3.05) is 0 Å². The molecule has 1 aliphatic carbocycles. The van der Waals surface area contributed by atoms with Crippen LogP contribution in [0, 0.1) is 16.9 Å². The summed E-state index contributed by atoms with van der Waals surface area (Å²) < 4.78 is 42.2. The maximum atomic E-state index is 14.7. The predicted molar refractivity (Wildman–Crippen MR) is 128 cm³/mol. The Bertz CT molecular complexity index is 1270. The molecule has 1 heterocycles. The van der Waals surface area contributed by atoms with Crippen LogP contribution in [-0.2, 0) is 11.2 Å². The van der Waals surface area contributed by atoms with Crippen LogP contribution in [-0.4, -0.2) is 10.9 Å². The second-order valence-electron chi connectivity index (χ2n) is 8.81. The van der Waals surface area contributed by atoms with Gasteiger partial charge in [-0.2, -0.15) is 4.73 Å². The highest BCUT2D eigenvalue weighted by atomic mass is 35.5. The van der Waals surface area contributed by atoms with E-state index in [-0.39, 0.29) is 34.2 Å². The Hall–Kier alpha value is -3.32. The second-order valence-corrected chi connectivity index (χ2v) is 9.22. The van der Waals surface area contributed by atoms with Gasteiger partial charge in [0.05, 0.1) is 10.6 Å². The van der Waals surface area contributed by atoms with Gasteiger partial charge in [-0.1, -0.05) is 61.4 Å². The molecule has 182 valence electrons. The fourth-order valence-corrected chi connectivity index (χ4v) is 4.35. The third-order valence-corrected chi connectivity index (χ3v) is 6.56. The molecule has 1 aliphatic rings. The lowest BCUT2D eigenvalue weighted by Crippen LogP contribution is -2.36.